The van der Waals surface area contributed by atoms with Gasteiger partial charge in [0.1, 0.15) is 18.3 Å². The number of carbonyl (C=O) groups excluding carboxylic acids is 1. The highest BCUT2D eigenvalue weighted by Gasteiger charge is 2.45. The number of nitrogens with zero attached hydrogens (tertiary/aromatic N) is 4. The summed E-state index contributed by atoms with van der Waals surface area (Å²) < 4.78 is 39.4. The van der Waals surface area contributed by atoms with Crippen LogP contribution >= 0.6 is 26.8 Å². The highest BCUT2D eigenvalue weighted by molar-refractivity contribution is 7.70. The number of carbonyl (C=O) groups is 1. The van der Waals surface area contributed by atoms with Gasteiger partial charge in [0, 0.05) is 0 Å². The standard InChI is InChI=1S/C17H26ClN5O11P2/c1-2-3-4-5-32-17(26)21-13-10-14(22-16(18)20-13)23(7-19-10)15-12(25)11(24)9(34-15)6-33-36(30,31)8-35(27,28)29/h7,9,11-12,15,24-25H,2-6,8H2,1H3,(H,30,31)(H2,27,28,29)(H,20,21,22,26)/t9-,11+,12+,15-/m1/s1. The number of halogens is 1. The van der Waals surface area contributed by atoms with E-state index < -0.39 is 58.3 Å². The molecule has 5 atom stereocenters. The average molecular weight is 574 g/mol. The van der Waals surface area contributed by atoms with Crippen LogP contribution in [0.1, 0.15) is 32.4 Å². The van der Waals surface area contributed by atoms with Gasteiger partial charge < -0.3 is 38.9 Å². The molecular weight excluding hydrogens is 548 g/mol. The fourth-order valence-electron chi connectivity index (χ4n) is 3.37. The quantitative estimate of drug-likeness (QED) is 0.126. The number of hydrogen-bond acceptors (Lipinski definition) is 11. The summed E-state index contributed by atoms with van der Waals surface area (Å²) in [6.07, 6.45) is -2.96. The highest BCUT2D eigenvalue weighted by Crippen LogP contribution is 2.55. The molecule has 2 aromatic heterocycles. The number of aliphatic hydroxyl groups is 2. The SMILES string of the molecule is CCCCCOC(=O)Nc1nc(Cl)nc2c1ncn2[C@@H]1O[C@H](COP(=O)(O)CP(=O)(O)O)[C@H](O)[C@@H]1O. The van der Waals surface area contributed by atoms with Gasteiger partial charge >= 0.3 is 21.3 Å². The molecule has 3 rings (SSSR count). The Hall–Kier alpha value is -1.71. The molecular formula is C17H26ClN5O11P2. The van der Waals surface area contributed by atoms with Crippen molar-refractivity contribution in [2.45, 2.75) is 50.7 Å². The van der Waals surface area contributed by atoms with Crippen LogP contribution in [-0.2, 0) is 23.1 Å². The Morgan fingerprint density at radius 1 is 1.22 bits per heavy atom. The number of aromatic nitrogens is 4. The molecule has 1 fully saturated rings. The Kier molecular flexibility index (Phi) is 9.44. The third kappa shape index (κ3) is 7.42. The van der Waals surface area contributed by atoms with Crippen molar-refractivity contribution in [1.82, 2.24) is 19.5 Å². The van der Waals surface area contributed by atoms with Gasteiger partial charge in [0.15, 0.2) is 29.1 Å². The third-order valence-electron chi connectivity index (χ3n) is 5.01. The maximum atomic E-state index is 12.1. The molecule has 1 unspecified atom stereocenters. The molecule has 202 valence electrons. The zero-order chi connectivity index (χ0) is 26.7. The van der Waals surface area contributed by atoms with E-state index >= 15 is 0 Å². The molecule has 0 radical (unpaired) electrons. The third-order valence-corrected chi connectivity index (χ3v) is 8.64. The zero-order valence-electron chi connectivity index (χ0n) is 18.9. The van der Waals surface area contributed by atoms with E-state index in [0.29, 0.717) is 6.42 Å². The van der Waals surface area contributed by atoms with E-state index in [1.165, 1.54) is 10.9 Å². The Labute approximate surface area is 209 Å². The summed E-state index contributed by atoms with van der Waals surface area (Å²) in [5, 5.41) is 23.0. The lowest BCUT2D eigenvalue weighted by molar-refractivity contribution is -0.0483. The molecule has 0 bridgehead atoms. The molecule has 3 heterocycles. The first-order valence-electron chi connectivity index (χ1n) is 10.7. The predicted octanol–water partition coefficient (Wildman–Crippen LogP) is 1.17. The second-order valence-electron chi connectivity index (χ2n) is 7.92. The van der Waals surface area contributed by atoms with Crippen LogP contribution in [0.3, 0.4) is 0 Å². The lowest BCUT2D eigenvalue weighted by atomic mass is 10.1. The van der Waals surface area contributed by atoms with E-state index in [2.05, 4.69) is 24.8 Å². The smallest absolute Gasteiger partial charge is 0.412 e. The van der Waals surface area contributed by atoms with Crippen LogP contribution in [0, 0.1) is 0 Å². The Balaban J connectivity index is 1.75. The zero-order valence-corrected chi connectivity index (χ0v) is 21.4. The van der Waals surface area contributed by atoms with Crippen LogP contribution in [0.5, 0.6) is 0 Å². The van der Waals surface area contributed by atoms with Gasteiger partial charge in [0.25, 0.3) is 0 Å². The minimum atomic E-state index is -4.85. The maximum absolute atomic E-state index is 12.1. The summed E-state index contributed by atoms with van der Waals surface area (Å²) in [5.74, 6) is -1.50. The average Bonchev–Trinajstić information content (AvgIpc) is 3.29. The molecule has 0 aromatic carbocycles. The van der Waals surface area contributed by atoms with Crippen molar-refractivity contribution in [3.63, 3.8) is 0 Å². The number of fused-ring (bicyclic) bond motifs is 1. The summed E-state index contributed by atoms with van der Waals surface area (Å²) in [4.78, 5) is 51.6. The number of aliphatic hydroxyl groups excluding tert-OH is 2. The molecule has 36 heavy (non-hydrogen) atoms. The van der Waals surface area contributed by atoms with Gasteiger partial charge in [0.05, 0.1) is 19.5 Å². The minimum Gasteiger partial charge on any atom is -0.449 e. The fourth-order valence-corrected chi connectivity index (χ4v) is 6.11. The van der Waals surface area contributed by atoms with Crippen LogP contribution in [0.15, 0.2) is 6.33 Å². The molecule has 19 heteroatoms. The van der Waals surface area contributed by atoms with Crippen molar-refractivity contribution in [1.29, 1.82) is 0 Å². The number of amides is 1. The maximum Gasteiger partial charge on any atom is 0.412 e. The molecule has 0 spiro atoms. The van der Waals surface area contributed by atoms with Crippen molar-refractivity contribution >= 4 is 49.9 Å². The van der Waals surface area contributed by atoms with Crippen molar-refractivity contribution in [2.24, 2.45) is 0 Å². The van der Waals surface area contributed by atoms with Crippen LogP contribution in [0.25, 0.3) is 11.2 Å². The number of imidazole rings is 1. The molecule has 2 aromatic rings. The van der Waals surface area contributed by atoms with Gasteiger partial charge in [-0.15, -0.1) is 0 Å². The monoisotopic (exact) mass is 573 g/mol. The molecule has 6 N–H and O–H groups in total. The molecule has 16 nitrogen and oxygen atoms in total. The van der Waals surface area contributed by atoms with E-state index in [4.69, 9.17) is 30.9 Å². The van der Waals surface area contributed by atoms with Crippen molar-refractivity contribution < 1.29 is 52.8 Å². The number of unbranched alkanes of at least 4 members (excludes halogenated alkanes) is 2. The Morgan fingerprint density at radius 2 is 1.94 bits per heavy atom. The summed E-state index contributed by atoms with van der Waals surface area (Å²) >= 11 is 5.98. The highest BCUT2D eigenvalue weighted by atomic mass is 35.5. The lowest BCUT2D eigenvalue weighted by Gasteiger charge is -2.18. The number of rotatable bonds is 11. The van der Waals surface area contributed by atoms with E-state index in [1.807, 2.05) is 6.92 Å². The van der Waals surface area contributed by atoms with Crippen molar-refractivity contribution in [3.8, 4) is 0 Å². The van der Waals surface area contributed by atoms with Gasteiger partial charge in [0.2, 0.25) is 5.28 Å². The molecule has 0 aliphatic carbocycles. The second-order valence-corrected chi connectivity index (χ2v) is 12.3. The van der Waals surface area contributed by atoms with E-state index in [-0.39, 0.29) is 28.9 Å². The molecule has 1 saturated heterocycles. The molecule has 1 aliphatic heterocycles. The number of ether oxygens (including phenoxy) is 2. The number of hydrogen-bond donors (Lipinski definition) is 6. The first-order valence-corrected chi connectivity index (χ1v) is 14.6. The first-order chi connectivity index (χ1) is 16.8. The van der Waals surface area contributed by atoms with Gasteiger partial charge in [-0.05, 0) is 18.0 Å². The molecule has 1 amide bonds. The van der Waals surface area contributed by atoms with Gasteiger partial charge in [-0.3, -0.25) is 19.0 Å². The number of anilines is 1. The second kappa shape index (κ2) is 11.8. The summed E-state index contributed by atoms with van der Waals surface area (Å²) in [5.41, 5.74) is 0.0832. The molecule has 0 saturated carbocycles. The molecule has 1 aliphatic rings. The van der Waals surface area contributed by atoms with E-state index in [1.54, 1.807) is 0 Å². The number of nitrogens with one attached hydrogen (secondary N) is 1. The largest absolute Gasteiger partial charge is 0.449 e. The van der Waals surface area contributed by atoms with Crippen LogP contribution < -0.4 is 5.32 Å². The van der Waals surface area contributed by atoms with Gasteiger partial charge in [-0.2, -0.15) is 9.97 Å². The minimum absolute atomic E-state index is 0.0171. The van der Waals surface area contributed by atoms with Crippen LogP contribution in [-0.4, -0.2) is 87.9 Å². The summed E-state index contributed by atoms with van der Waals surface area (Å²) in [7, 11) is -9.57. The van der Waals surface area contributed by atoms with Gasteiger partial charge in [-0.1, -0.05) is 19.8 Å². The summed E-state index contributed by atoms with van der Waals surface area (Å²) in [6, 6.07) is 0. The lowest BCUT2D eigenvalue weighted by Crippen LogP contribution is -2.33. The van der Waals surface area contributed by atoms with Crippen LogP contribution in [0.2, 0.25) is 5.28 Å². The Morgan fingerprint density at radius 3 is 2.61 bits per heavy atom. The van der Waals surface area contributed by atoms with Crippen LogP contribution in [0.4, 0.5) is 10.6 Å². The van der Waals surface area contributed by atoms with Crippen molar-refractivity contribution in [3.05, 3.63) is 11.6 Å². The van der Waals surface area contributed by atoms with Gasteiger partial charge in [-0.25, -0.2) is 9.78 Å². The van der Waals surface area contributed by atoms with E-state index in [9.17, 15) is 29.0 Å². The summed E-state index contributed by atoms with van der Waals surface area (Å²) in [6.45, 7) is 1.45. The normalized spacial score (nSPS) is 24.1. The first kappa shape index (κ1) is 28.9. The predicted molar refractivity (Wildman–Crippen MR) is 123 cm³/mol. The topological polar surface area (TPSA) is 236 Å². The fraction of sp³-hybridized carbons (Fsp3) is 0.647. The van der Waals surface area contributed by atoms with E-state index in [0.717, 1.165) is 12.8 Å². The Bertz CT molecular complexity index is 1180. The van der Waals surface area contributed by atoms with Crippen molar-refractivity contribution in [2.75, 3.05) is 24.4 Å².